The van der Waals surface area contributed by atoms with Crippen LogP contribution in [0.4, 0.5) is 0 Å². The first-order valence-electron chi connectivity index (χ1n) is 6.20. The lowest BCUT2D eigenvalue weighted by Gasteiger charge is -2.09. The molecular formula is C16H13NO3. The van der Waals surface area contributed by atoms with Crippen LogP contribution >= 0.6 is 0 Å². The summed E-state index contributed by atoms with van der Waals surface area (Å²) in [5, 5.41) is 13.0. The van der Waals surface area contributed by atoms with Crippen molar-refractivity contribution in [3.05, 3.63) is 66.1 Å². The predicted octanol–water partition coefficient (Wildman–Crippen LogP) is 3.27. The maximum atomic E-state index is 11.3. The molecule has 0 fully saturated rings. The van der Waals surface area contributed by atoms with Gasteiger partial charge in [-0.2, -0.15) is 4.73 Å². The van der Waals surface area contributed by atoms with E-state index in [-0.39, 0.29) is 0 Å². The van der Waals surface area contributed by atoms with Crippen LogP contribution in [0.3, 0.4) is 0 Å². The van der Waals surface area contributed by atoms with Gasteiger partial charge in [-0.15, -0.1) is 0 Å². The van der Waals surface area contributed by atoms with Gasteiger partial charge in [0.25, 0.3) is 0 Å². The molecule has 4 heteroatoms. The summed E-state index contributed by atoms with van der Waals surface area (Å²) in [5.74, 6) is 2.22. The van der Waals surface area contributed by atoms with Crippen molar-refractivity contribution >= 4 is 10.8 Å². The highest BCUT2D eigenvalue weighted by atomic mass is 16.5. The zero-order chi connectivity index (χ0) is 13.9. The van der Waals surface area contributed by atoms with E-state index in [0.29, 0.717) is 5.75 Å². The van der Waals surface area contributed by atoms with Gasteiger partial charge in [0.1, 0.15) is 17.2 Å². The Labute approximate surface area is 116 Å². The van der Waals surface area contributed by atoms with Gasteiger partial charge in [-0.25, -0.2) is 0 Å². The average Bonchev–Trinajstić information content (AvgIpc) is 2.48. The van der Waals surface area contributed by atoms with Crippen LogP contribution in [0.1, 0.15) is 0 Å². The van der Waals surface area contributed by atoms with Crippen molar-refractivity contribution in [2.45, 2.75) is 0 Å². The van der Waals surface area contributed by atoms with E-state index in [9.17, 15) is 5.21 Å². The lowest BCUT2D eigenvalue weighted by Crippen LogP contribution is -2.23. The van der Waals surface area contributed by atoms with Crippen LogP contribution in [-0.2, 0) is 0 Å². The molecule has 0 radical (unpaired) electrons. The van der Waals surface area contributed by atoms with E-state index in [2.05, 4.69) is 0 Å². The average molecular weight is 267 g/mol. The summed E-state index contributed by atoms with van der Waals surface area (Å²) in [4.78, 5) is 0. The number of pyridine rings is 1. The Balaban J connectivity index is 1.97. The topological polar surface area (TPSA) is 45.4 Å². The van der Waals surface area contributed by atoms with E-state index >= 15 is 0 Å². The molecule has 0 aliphatic carbocycles. The summed E-state index contributed by atoms with van der Waals surface area (Å²) >= 11 is 0. The maximum Gasteiger partial charge on any atom is 0.188 e. The number of hydrogen-bond acceptors (Lipinski definition) is 3. The number of nitrogens with zero attached hydrogens (tertiary/aromatic N) is 1. The number of ether oxygens (including phenoxy) is 2. The first-order chi connectivity index (χ1) is 9.76. The molecule has 0 bridgehead atoms. The van der Waals surface area contributed by atoms with Crippen molar-refractivity contribution in [1.82, 2.24) is 0 Å². The molecule has 2 aromatic carbocycles. The third-order valence-electron chi connectivity index (χ3n) is 3.04. The van der Waals surface area contributed by atoms with Gasteiger partial charge < -0.3 is 14.7 Å². The molecule has 0 saturated heterocycles. The molecular weight excluding hydrogens is 254 g/mol. The van der Waals surface area contributed by atoms with Crippen LogP contribution in [0.25, 0.3) is 10.8 Å². The van der Waals surface area contributed by atoms with E-state index < -0.39 is 0 Å². The minimum Gasteiger partial charge on any atom is -0.619 e. The molecule has 4 nitrogen and oxygen atoms in total. The van der Waals surface area contributed by atoms with Gasteiger partial charge in [0.2, 0.25) is 0 Å². The lowest BCUT2D eigenvalue weighted by atomic mass is 10.1. The molecule has 1 aromatic heterocycles. The number of hydrogen-bond donors (Lipinski definition) is 0. The number of aromatic nitrogens is 1. The first kappa shape index (κ1) is 12.3. The van der Waals surface area contributed by atoms with Crippen molar-refractivity contribution in [2.24, 2.45) is 0 Å². The highest BCUT2D eigenvalue weighted by molar-refractivity contribution is 5.87. The van der Waals surface area contributed by atoms with Crippen LogP contribution in [0.5, 0.6) is 17.2 Å². The molecule has 100 valence electrons. The summed E-state index contributed by atoms with van der Waals surface area (Å²) in [6.45, 7) is 0. The Morgan fingerprint density at radius 3 is 2.45 bits per heavy atom. The highest BCUT2D eigenvalue weighted by Gasteiger charge is 2.06. The lowest BCUT2D eigenvalue weighted by molar-refractivity contribution is -0.603. The smallest absolute Gasteiger partial charge is 0.188 e. The van der Waals surface area contributed by atoms with Crippen molar-refractivity contribution in [2.75, 3.05) is 7.11 Å². The summed E-state index contributed by atoms with van der Waals surface area (Å²) in [5.41, 5.74) is 0. The largest absolute Gasteiger partial charge is 0.619 e. The second kappa shape index (κ2) is 5.09. The molecule has 20 heavy (non-hydrogen) atoms. The molecule has 1 heterocycles. The Bertz CT molecular complexity index is 738. The van der Waals surface area contributed by atoms with Crippen LogP contribution in [-0.4, -0.2) is 7.11 Å². The van der Waals surface area contributed by atoms with Crippen LogP contribution in [0.2, 0.25) is 0 Å². The number of fused-ring (bicyclic) bond motifs is 1. The standard InChI is InChI=1S/C16H13NO3/c1-19-13-5-7-14(8-6-13)20-16-4-2-3-12-11-17(18)10-9-15(12)16/h2-11H,1H3. The van der Waals surface area contributed by atoms with E-state index in [1.54, 1.807) is 13.2 Å². The van der Waals surface area contributed by atoms with E-state index in [1.165, 1.54) is 12.4 Å². The highest BCUT2D eigenvalue weighted by Crippen LogP contribution is 2.29. The van der Waals surface area contributed by atoms with E-state index in [4.69, 9.17) is 9.47 Å². The van der Waals surface area contributed by atoms with Crippen molar-refractivity contribution in [3.63, 3.8) is 0 Å². The zero-order valence-electron chi connectivity index (χ0n) is 10.9. The fourth-order valence-electron chi connectivity index (χ4n) is 2.04. The molecule has 0 spiro atoms. The molecule has 3 aromatic rings. The minimum atomic E-state index is 0.716. The Hall–Kier alpha value is -2.75. The van der Waals surface area contributed by atoms with Gasteiger partial charge in [-0.1, -0.05) is 6.07 Å². The quantitative estimate of drug-likeness (QED) is 0.540. The first-order valence-corrected chi connectivity index (χ1v) is 6.20. The zero-order valence-corrected chi connectivity index (χ0v) is 10.9. The molecule has 0 saturated carbocycles. The Morgan fingerprint density at radius 1 is 0.950 bits per heavy atom. The second-order valence-electron chi connectivity index (χ2n) is 4.34. The van der Waals surface area contributed by atoms with E-state index in [1.807, 2.05) is 42.5 Å². The molecule has 0 amide bonds. The Kier molecular flexibility index (Phi) is 3.13. The number of methoxy groups -OCH3 is 1. The molecule has 0 atom stereocenters. The molecule has 0 aliphatic heterocycles. The van der Waals surface area contributed by atoms with Gasteiger partial charge in [-0.05, 0) is 36.4 Å². The van der Waals surface area contributed by atoms with Crippen molar-refractivity contribution in [1.29, 1.82) is 0 Å². The summed E-state index contributed by atoms with van der Waals surface area (Å²) in [6.07, 6.45) is 2.99. The van der Waals surface area contributed by atoms with Gasteiger partial charge in [0.05, 0.1) is 12.5 Å². The fourth-order valence-corrected chi connectivity index (χ4v) is 2.04. The van der Waals surface area contributed by atoms with Gasteiger partial charge in [-0.3, -0.25) is 0 Å². The van der Waals surface area contributed by atoms with Crippen LogP contribution in [0, 0.1) is 5.21 Å². The monoisotopic (exact) mass is 267 g/mol. The van der Waals surface area contributed by atoms with Crippen molar-refractivity contribution in [3.8, 4) is 17.2 Å². The minimum absolute atomic E-state index is 0.716. The third kappa shape index (κ3) is 2.36. The van der Waals surface area contributed by atoms with E-state index in [0.717, 1.165) is 27.0 Å². The molecule has 3 rings (SSSR count). The van der Waals surface area contributed by atoms with Gasteiger partial charge >= 0.3 is 0 Å². The van der Waals surface area contributed by atoms with Gasteiger partial charge in [0.15, 0.2) is 12.4 Å². The third-order valence-corrected chi connectivity index (χ3v) is 3.04. The number of benzene rings is 2. The van der Waals surface area contributed by atoms with Gasteiger partial charge in [0, 0.05) is 11.5 Å². The molecule has 0 N–H and O–H groups in total. The second-order valence-corrected chi connectivity index (χ2v) is 4.34. The van der Waals surface area contributed by atoms with Crippen LogP contribution in [0.15, 0.2) is 60.9 Å². The maximum absolute atomic E-state index is 11.3. The fraction of sp³-hybridized carbons (Fsp3) is 0.0625. The SMILES string of the molecule is COc1ccc(Oc2cccc3c[n+]([O-])ccc23)cc1. The summed E-state index contributed by atoms with van der Waals surface area (Å²) < 4.78 is 11.8. The van der Waals surface area contributed by atoms with Crippen molar-refractivity contribution < 1.29 is 14.2 Å². The normalized spacial score (nSPS) is 10.4. The number of rotatable bonds is 3. The molecule has 0 aliphatic rings. The molecule has 0 unspecified atom stereocenters. The predicted molar refractivity (Wildman–Crippen MR) is 76.0 cm³/mol. The summed E-state index contributed by atoms with van der Waals surface area (Å²) in [7, 11) is 1.62. The van der Waals surface area contributed by atoms with Crippen LogP contribution < -0.4 is 14.2 Å². The summed E-state index contributed by atoms with van der Waals surface area (Å²) in [6, 6.07) is 14.7. The Morgan fingerprint density at radius 2 is 1.70 bits per heavy atom.